The Labute approximate surface area is 88.5 Å². The van der Waals surface area contributed by atoms with Gasteiger partial charge in [0.05, 0.1) is 13.2 Å². The van der Waals surface area contributed by atoms with Crippen molar-refractivity contribution in [3.05, 3.63) is 41.2 Å². The Bertz CT molecular complexity index is 460. The summed E-state index contributed by atoms with van der Waals surface area (Å²) < 4.78 is 4.65. The first-order valence-electron chi connectivity index (χ1n) is 4.42. The van der Waals surface area contributed by atoms with Crippen molar-refractivity contribution in [3.8, 4) is 11.8 Å². The Morgan fingerprint density at radius 3 is 3.07 bits per heavy atom. The van der Waals surface area contributed by atoms with Crippen LogP contribution in [-0.4, -0.2) is 12.6 Å². The zero-order valence-corrected chi connectivity index (χ0v) is 8.28. The van der Waals surface area contributed by atoms with Crippen molar-refractivity contribution in [1.82, 2.24) is 0 Å². The highest BCUT2D eigenvalue weighted by Gasteiger charge is 1.94. The number of ether oxygens (including phenoxy) is 1. The highest BCUT2D eigenvalue weighted by atomic mass is 16.5. The van der Waals surface area contributed by atoms with Gasteiger partial charge in [-0.1, -0.05) is 18.1 Å². The summed E-state index contributed by atoms with van der Waals surface area (Å²) in [6.07, 6.45) is 0. The third kappa shape index (κ3) is 3.54. The van der Waals surface area contributed by atoms with Crippen molar-refractivity contribution >= 4 is 11.7 Å². The molecule has 0 spiro atoms. The number of carbonyl (C=O) groups is 1. The highest BCUT2D eigenvalue weighted by Crippen LogP contribution is 2.12. The summed E-state index contributed by atoms with van der Waals surface area (Å²) in [7, 11) is 0. The second kappa shape index (κ2) is 5.47. The Morgan fingerprint density at radius 1 is 1.60 bits per heavy atom. The topological polar surface area (TPSA) is 30.7 Å². The lowest BCUT2D eigenvalue weighted by Crippen LogP contribution is -1.99. The maximum Gasteiger partial charge on any atom is 0.384 e. The Hall–Kier alpha value is -2.26. The molecule has 0 fully saturated rings. The molecular formula is C12H9NO2. The monoisotopic (exact) mass is 199 g/mol. The van der Waals surface area contributed by atoms with Gasteiger partial charge in [0.1, 0.15) is 0 Å². The summed E-state index contributed by atoms with van der Waals surface area (Å²) in [5.41, 5.74) is 1.14. The molecule has 0 amide bonds. The van der Waals surface area contributed by atoms with Gasteiger partial charge in [0.25, 0.3) is 0 Å². The largest absolute Gasteiger partial charge is 0.456 e. The molecule has 0 unspecified atom stereocenters. The lowest BCUT2D eigenvalue weighted by molar-refractivity contribution is -0.136. The van der Waals surface area contributed by atoms with E-state index < -0.39 is 5.97 Å². The summed E-state index contributed by atoms with van der Waals surface area (Å²) in [6.45, 7) is 8.84. The van der Waals surface area contributed by atoms with E-state index >= 15 is 0 Å². The van der Waals surface area contributed by atoms with Gasteiger partial charge in [0.15, 0.2) is 5.69 Å². The van der Waals surface area contributed by atoms with Crippen molar-refractivity contribution in [3.63, 3.8) is 0 Å². The van der Waals surface area contributed by atoms with E-state index in [1.807, 2.05) is 0 Å². The first kappa shape index (κ1) is 10.8. The number of hydrogen-bond acceptors (Lipinski definition) is 2. The number of rotatable bonds is 1. The fraction of sp³-hybridized carbons (Fsp3) is 0.167. The maximum absolute atomic E-state index is 10.9. The molecule has 0 aliphatic heterocycles. The first-order valence-corrected chi connectivity index (χ1v) is 4.42. The van der Waals surface area contributed by atoms with E-state index in [0.717, 1.165) is 0 Å². The molecule has 0 radical (unpaired) electrons. The van der Waals surface area contributed by atoms with Gasteiger partial charge in [0, 0.05) is 11.5 Å². The molecule has 1 rings (SSSR count). The van der Waals surface area contributed by atoms with Crippen LogP contribution in [0.25, 0.3) is 4.85 Å². The average Bonchev–Trinajstić information content (AvgIpc) is 2.27. The van der Waals surface area contributed by atoms with Crippen LogP contribution >= 0.6 is 0 Å². The fourth-order valence-electron chi connectivity index (χ4n) is 0.944. The van der Waals surface area contributed by atoms with E-state index in [2.05, 4.69) is 21.4 Å². The molecule has 0 atom stereocenters. The van der Waals surface area contributed by atoms with E-state index in [4.69, 9.17) is 6.57 Å². The molecule has 1 aromatic rings. The molecule has 0 N–H and O–H groups in total. The lowest BCUT2D eigenvalue weighted by Gasteiger charge is -1.92. The molecule has 0 saturated heterocycles. The van der Waals surface area contributed by atoms with Gasteiger partial charge in [-0.3, -0.25) is 0 Å². The highest BCUT2D eigenvalue weighted by molar-refractivity contribution is 5.89. The third-order valence-corrected chi connectivity index (χ3v) is 1.56. The van der Waals surface area contributed by atoms with Gasteiger partial charge in [-0.15, -0.1) is 0 Å². The van der Waals surface area contributed by atoms with E-state index in [-0.39, 0.29) is 0 Å². The Kier molecular flexibility index (Phi) is 3.94. The molecule has 15 heavy (non-hydrogen) atoms. The molecule has 74 valence electrons. The van der Waals surface area contributed by atoms with Gasteiger partial charge >= 0.3 is 5.97 Å². The normalized spacial score (nSPS) is 8.27. The fourth-order valence-corrected chi connectivity index (χ4v) is 0.944. The van der Waals surface area contributed by atoms with E-state index in [0.29, 0.717) is 17.9 Å². The SMILES string of the molecule is [C-]#[N+]c1cccc(C#CC(=O)OCC)c1. The molecule has 0 aliphatic rings. The number of hydrogen-bond donors (Lipinski definition) is 0. The molecule has 0 bridgehead atoms. The number of esters is 1. The first-order chi connectivity index (χ1) is 7.26. The van der Waals surface area contributed by atoms with Gasteiger partial charge < -0.3 is 4.74 Å². The van der Waals surface area contributed by atoms with Crippen LogP contribution < -0.4 is 0 Å². The van der Waals surface area contributed by atoms with Gasteiger partial charge in [-0.25, -0.2) is 9.64 Å². The molecule has 0 aliphatic carbocycles. The summed E-state index contributed by atoms with van der Waals surface area (Å²) in [5.74, 6) is 4.42. The second-order valence-corrected chi connectivity index (χ2v) is 2.63. The second-order valence-electron chi connectivity index (χ2n) is 2.63. The molecule has 1 aromatic carbocycles. The van der Waals surface area contributed by atoms with Crippen molar-refractivity contribution in [1.29, 1.82) is 0 Å². The van der Waals surface area contributed by atoms with E-state index in [9.17, 15) is 4.79 Å². The zero-order chi connectivity index (χ0) is 11.1. The van der Waals surface area contributed by atoms with Crippen molar-refractivity contribution in [2.45, 2.75) is 6.92 Å². The maximum atomic E-state index is 10.9. The lowest BCUT2D eigenvalue weighted by atomic mass is 10.2. The molecule has 3 nitrogen and oxygen atoms in total. The third-order valence-electron chi connectivity index (χ3n) is 1.56. The Morgan fingerprint density at radius 2 is 2.40 bits per heavy atom. The molecule has 0 saturated carbocycles. The van der Waals surface area contributed by atoms with Crippen molar-refractivity contribution in [2.75, 3.05) is 6.61 Å². The average molecular weight is 199 g/mol. The van der Waals surface area contributed by atoms with Crippen LogP contribution in [0, 0.1) is 18.4 Å². The standard InChI is InChI=1S/C12H9NO2/c1-3-15-12(14)8-7-10-5-4-6-11(9-10)13-2/h4-6,9H,3H2,1H3. The van der Waals surface area contributed by atoms with E-state index in [1.54, 1.807) is 31.2 Å². The summed E-state index contributed by atoms with van der Waals surface area (Å²) in [6, 6.07) is 6.77. The predicted octanol–water partition coefficient (Wildman–Crippen LogP) is 2.15. The quantitative estimate of drug-likeness (QED) is 0.394. The van der Waals surface area contributed by atoms with Gasteiger partial charge in [-0.05, 0) is 19.1 Å². The van der Waals surface area contributed by atoms with Crippen molar-refractivity contribution in [2.24, 2.45) is 0 Å². The van der Waals surface area contributed by atoms with Crippen LogP contribution in [0.1, 0.15) is 12.5 Å². The van der Waals surface area contributed by atoms with Crippen LogP contribution in [0.15, 0.2) is 24.3 Å². The van der Waals surface area contributed by atoms with Crippen LogP contribution in [0.2, 0.25) is 0 Å². The van der Waals surface area contributed by atoms with E-state index in [1.165, 1.54) is 0 Å². The number of carbonyl (C=O) groups excluding carboxylic acids is 1. The van der Waals surface area contributed by atoms with Crippen LogP contribution in [0.3, 0.4) is 0 Å². The van der Waals surface area contributed by atoms with Crippen LogP contribution in [-0.2, 0) is 9.53 Å². The van der Waals surface area contributed by atoms with Gasteiger partial charge in [-0.2, -0.15) is 0 Å². The predicted molar refractivity (Wildman–Crippen MR) is 56.2 cm³/mol. The minimum absolute atomic E-state index is 0.315. The number of nitrogens with zero attached hydrogens (tertiary/aromatic N) is 1. The summed E-state index contributed by atoms with van der Waals surface area (Å²) in [4.78, 5) is 14.2. The van der Waals surface area contributed by atoms with Crippen LogP contribution in [0.4, 0.5) is 5.69 Å². The molecule has 0 aromatic heterocycles. The smallest absolute Gasteiger partial charge is 0.384 e. The van der Waals surface area contributed by atoms with Crippen molar-refractivity contribution < 1.29 is 9.53 Å². The summed E-state index contributed by atoms with van der Waals surface area (Å²) in [5, 5.41) is 0. The summed E-state index contributed by atoms with van der Waals surface area (Å²) >= 11 is 0. The van der Waals surface area contributed by atoms with Crippen LogP contribution in [0.5, 0.6) is 0 Å². The minimum Gasteiger partial charge on any atom is -0.456 e. The zero-order valence-electron chi connectivity index (χ0n) is 8.28. The minimum atomic E-state index is -0.550. The molecule has 0 heterocycles. The number of benzene rings is 1. The molecule has 3 heteroatoms. The Balaban J connectivity index is 2.80. The molecular weight excluding hydrogens is 190 g/mol. The van der Waals surface area contributed by atoms with Gasteiger partial charge in [0.2, 0.25) is 0 Å².